The molecule has 2 aromatic rings. The zero-order valence-electron chi connectivity index (χ0n) is 14.2. The summed E-state index contributed by atoms with van der Waals surface area (Å²) >= 11 is 0.860. The Labute approximate surface area is 154 Å². The monoisotopic (exact) mass is 373 g/mol. The van der Waals surface area contributed by atoms with Crippen LogP contribution in [-0.4, -0.2) is 30.3 Å². The van der Waals surface area contributed by atoms with Crippen molar-refractivity contribution in [3.8, 4) is 11.5 Å². The fraction of sp³-hybridized carbons (Fsp3) is 0.158. The van der Waals surface area contributed by atoms with E-state index in [0.717, 1.165) is 16.7 Å². The number of halogens is 1. The average Bonchev–Trinajstić information content (AvgIpc) is 2.90. The van der Waals surface area contributed by atoms with Gasteiger partial charge in [0.25, 0.3) is 11.1 Å². The zero-order chi connectivity index (χ0) is 18.7. The summed E-state index contributed by atoms with van der Waals surface area (Å²) in [6.45, 7) is 0.0948. The largest absolute Gasteiger partial charge is 0.497 e. The molecule has 7 heteroatoms. The molecular weight excluding hydrogens is 357 g/mol. The van der Waals surface area contributed by atoms with Crippen LogP contribution in [0.1, 0.15) is 11.1 Å². The summed E-state index contributed by atoms with van der Waals surface area (Å²) < 4.78 is 23.5. The summed E-state index contributed by atoms with van der Waals surface area (Å²) in [5.74, 6) is 0.417. The lowest BCUT2D eigenvalue weighted by molar-refractivity contribution is -0.123. The number of nitrogens with zero attached hydrogens (tertiary/aromatic N) is 1. The Morgan fingerprint density at radius 1 is 1.08 bits per heavy atom. The molecular formula is C19H16FNO4S. The van der Waals surface area contributed by atoms with E-state index in [1.807, 2.05) is 0 Å². The lowest BCUT2D eigenvalue weighted by Crippen LogP contribution is -2.27. The average molecular weight is 373 g/mol. The minimum absolute atomic E-state index is 0.0948. The Kier molecular flexibility index (Phi) is 5.27. The molecule has 0 bridgehead atoms. The lowest BCUT2D eigenvalue weighted by atomic mass is 10.1. The number of imide groups is 1. The maximum Gasteiger partial charge on any atom is 0.293 e. The highest BCUT2D eigenvalue weighted by Crippen LogP contribution is 2.35. The third kappa shape index (κ3) is 3.72. The number of carbonyl (C=O) groups is 2. The normalized spacial score (nSPS) is 15.7. The molecule has 1 heterocycles. The number of hydrogen-bond acceptors (Lipinski definition) is 5. The van der Waals surface area contributed by atoms with Gasteiger partial charge >= 0.3 is 0 Å². The van der Waals surface area contributed by atoms with Gasteiger partial charge in [0, 0.05) is 5.56 Å². The van der Waals surface area contributed by atoms with Crippen molar-refractivity contribution in [3.05, 3.63) is 64.3 Å². The second kappa shape index (κ2) is 7.61. The van der Waals surface area contributed by atoms with Crippen LogP contribution in [0.2, 0.25) is 0 Å². The molecule has 2 amide bonds. The van der Waals surface area contributed by atoms with Gasteiger partial charge in [-0.1, -0.05) is 12.1 Å². The van der Waals surface area contributed by atoms with Crippen LogP contribution in [0.4, 0.5) is 9.18 Å². The molecule has 0 N–H and O–H groups in total. The Bertz CT molecular complexity index is 880. The van der Waals surface area contributed by atoms with E-state index in [1.165, 1.54) is 19.2 Å². The van der Waals surface area contributed by atoms with Crippen LogP contribution in [0.25, 0.3) is 6.08 Å². The lowest BCUT2D eigenvalue weighted by Gasteiger charge is -2.12. The van der Waals surface area contributed by atoms with Crippen LogP contribution < -0.4 is 9.47 Å². The van der Waals surface area contributed by atoms with Gasteiger partial charge in [0.05, 0.1) is 25.7 Å². The second-order valence-corrected chi connectivity index (χ2v) is 6.50. The maximum absolute atomic E-state index is 13.0. The highest BCUT2D eigenvalue weighted by molar-refractivity contribution is 8.18. The number of methoxy groups -OCH3 is 2. The predicted molar refractivity (Wildman–Crippen MR) is 97.5 cm³/mol. The van der Waals surface area contributed by atoms with E-state index >= 15 is 0 Å². The molecule has 0 spiro atoms. The van der Waals surface area contributed by atoms with Gasteiger partial charge in [-0.15, -0.1) is 0 Å². The number of carbonyl (C=O) groups excluding carboxylic acids is 2. The summed E-state index contributed by atoms with van der Waals surface area (Å²) in [6, 6.07) is 10.9. The molecule has 0 unspecified atom stereocenters. The van der Waals surface area contributed by atoms with Gasteiger partial charge in [-0.05, 0) is 53.7 Å². The van der Waals surface area contributed by atoms with Gasteiger partial charge in [0.2, 0.25) is 0 Å². The van der Waals surface area contributed by atoms with Gasteiger partial charge in [-0.3, -0.25) is 14.5 Å². The Hall–Kier alpha value is -2.80. The number of benzene rings is 2. The van der Waals surface area contributed by atoms with E-state index in [9.17, 15) is 14.0 Å². The SMILES string of the molecule is COc1ccc(OC)c(/C=C2/SC(=O)N(Cc3ccc(F)cc3)C2=O)c1. The third-order valence-corrected chi connectivity index (χ3v) is 4.76. The maximum atomic E-state index is 13.0. The summed E-state index contributed by atoms with van der Waals surface area (Å²) in [5.41, 5.74) is 1.31. The van der Waals surface area contributed by atoms with Crippen LogP contribution in [0.3, 0.4) is 0 Å². The Morgan fingerprint density at radius 2 is 1.81 bits per heavy atom. The highest BCUT2D eigenvalue weighted by Gasteiger charge is 2.35. The summed E-state index contributed by atoms with van der Waals surface area (Å²) in [6.07, 6.45) is 1.61. The summed E-state index contributed by atoms with van der Waals surface area (Å²) in [4.78, 5) is 26.3. The van der Waals surface area contributed by atoms with Crippen LogP contribution >= 0.6 is 11.8 Å². The quantitative estimate of drug-likeness (QED) is 0.739. The molecule has 1 fully saturated rings. The zero-order valence-corrected chi connectivity index (χ0v) is 15.0. The third-order valence-electron chi connectivity index (χ3n) is 3.85. The molecule has 0 radical (unpaired) electrons. The smallest absolute Gasteiger partial charge is 0.293 e. The van der Waals surface area contributed by atoms with Crippen molar-refractivity contribution in [1.29, 1.82) is 0 Å². The van der Waals surface area contributed by atoms with E-state index in [-0.39, 0.29) is 17.6 Å². The van der Waals surface area contributed by atoms with Crippen LogP contribution in [-0.2, 0) is 11.3 Å². The van der Waals surface area contributed by atoms with Crippen molar-refractivity contribution in [1.82, 2.24) is 4.90 Å². The van der Waals surface area contributed by atoms with Crippen molar-refractivity contribution in [3.63, 3.8) is 0 Å². The number of ether oxygens (including phenoxy) is 2. The standard InChI is InChI=1S/C19H16FNO4S/c1-24-15-7-8-16(25-2)13(9-15)10-17-18(22)21(19(23)26-17)11-12-3-5-14(20)6-4-12/h3-10H,11H2,1-2H3/b17-10+. The molecule has 3 rings (SSSR count). The first-order valence-corrected chi connectivity index (χ1v) is 8.55. The molecule has 1 aliphatic rings. The fourth-order valence-electron chi connectivity index (χ4n) is 2.50. The van der Waals surface area contributed by atoms with Crippen molar-refractivity contribution >= 4 is 29.0 Å². The van der Waals surface area contributed by atoms with Crippen LogP contribution in [0.15, 0.2) is 47.4 Å². The second-order valence-electron chi connectivity index (χ2n) is 5.50. The van der Waals surface area contributed by atoms with Gasteiger partial charge in [0.15, 0.2) is 0 Å². The van der Waals surface area contributed by atoms with E-state index in [2.05, 4.69) is 0 Å². The number of rotatable bonds is 5. The minimum atomic E-state index is -0.394. The molecule has 0 aromatic heterocycles. The molecule has 1 saturated heterocycles. The van der Waals surface area contributed by atoms with E-state index in [0.29, 0.717) is 27.5 Å². The molecule has 26 heavy (non-hydrogen) atoms. The van der Waals surface area contributed by atoms with Crippen LogP contribution in [0.5, 0.6) is 11.5 Å². The Morgan fingerprint density at radius 3 is 2.46 bits per heavy atom. The molecule has 0 saturated carbocycles. The number of hydrogen-bond donors (Lipinski definition) is 0. The topological polar surface area (TPSA) is 55.8 Å². The Balaban J connectivity index is 1.86. The summed E-state index contributed by atoms with van der Waals surface area (Å²) in [7, 11) is 3.07. The minimum Gasteiger partial charge on any atom is -0.497 e. The van der Waals surface area contributed by atoms with Crippen molar-refractivity contribution in [2.75, 3.05) is 14.2 Å². The van der Waals surface area contributed by atoms with Gasteiger partial charge in [-0.25, -0.2) is 4.39 Å². The van der Waals surface area contributed by atoms with Gasteiger partial charge < -0.3 is 9.47 Å². The van der Waals surface area contributed by atoms with Crippen molar-refractivity contribution in [2.24, 2.45) is 0 Å². The number of thioether (sulfide) groups is 1. The first-order chi connectivity index (χ1) is 12.5. The van der Waals surface area contributed by atoms with Crippen molar-refractivity contribution < 1.29 is 23.5 Å². The molecule has 2 aromatic carbocycles. The molecule has 0 aliphatic carbocycles. The summed E-state index contributed by atoms with van der Waals surface area (Å²) in [5, 5.41) is -0.368. The van der Waals surface area contributed by atoms with Gasteiger partial charge in [-0.2, -0.15) is 0 Å². The first-order valence-electron chi connectivity index (χ1n) is 7.73. The molecule has 134 valence electrons. The van der Waals surface area contributed by atoms with E-state index in [1.54, 1.807) is 43.5 Å². The highest BCUT2D eigenvalue weighted by atomic mass is 32.2. The van der Waals surface area contributed by atoms with E-state index in [4.69, 9.17) is 9.47 Å². The predicted octanol–water partition coefficient (Wildman–Crippen LogP) is 4.08. The molecule has 5 nitrogen and oxygen atoms in total. The molecule has 0 atom stereocenters. The van der Waals surface area contributed by atoms with E-state index < -0.39 is 5.91 Å². The van der Waals surface area contributed by atoms with Crippen molar-refractivity contribution in [2.45, 2.75) is 6.54 Å². The fourth-order valence-corrected chi connectivity index (χ4v) is 3.33. The molecule has 1 aliphatic heterocycles. The first kappa shape index (κ1) is 18.0. The van der Waals surface area contributed by atoms with Gasteiger partial charge in [0.1, 0.15) is 17.3 Å². The van der Waals surface area contributed by atoms with Crippen LogP contribution in [0, 0.1) is 5.82 Å². The number of amides is 2.